The molecule has 2 atom stereocenters. The van der Waals surface area contributed by atoms with Crippen LogP contribution in [0.3, 0.4) is 0 Å². The van der Waals surface area contributed by atoms with Gasteiger partial charge in [0.1, 0.15) is 0 Å². The first-order valence-corrected chi connectivity index (χ1v) is 10.3. The molecule has 0 aromatic rings. The van der Waals surface area contributed by atoms with Crippen LogP contribution in [-0.2, 0) is 9.59 Å². The molecule has 2 N–H and O–H groups in total. The fraction of sp³-hybridized carbons (Fsp3) is 0.882. The zero-order chi connectivity index (χ0) is 16.4. The van der Waals surface area contributed by atoms with E-state index in [-0.39, 0.29) is 5.91 Å². The summed E-state index contributed by atoms with van der Waals surface area (Å²) >= 11 is 1.83. The normalized spacial score (nSPS) is 29.9. The van der Waals surface area contributed by atoms with Crippen LogP contribution >= 0.6 is 11.8 Å². The van der Waals surface area contributed by atoms with E-state index in [1.807, 2.05) is 16.7 Å². The number of likely N-dealkylation sites (tertiary alicyclic amines) is 2. The van der Waals surface area contributed by atoms with Gasteiger partial charge in [-0.3, -0.25) is 9.59 Å². The summed E-state index contributed by atoms with van der Waals surface area (Å²) in [6, 6.07) is 0.331. The number of fused-ring (bicyclic) bond motifs is 1. The van der Waals surface area contributed by atoms with Gasteiger partial charge in [-0.05, 0) is 56.5 Å². The predicted molar refractivity (Wildman–Crippen MR) is 93.2 cm³/mol. The third-order valence-corrected chi connectivity index (χ3v) is 6.55. The van der Waals surface area contributed by atoms with Crippen LogP contribution in [0.5, 0.6) is 0 Å². The molecule has 1 saturated carbocycles. The molecule has 2 heterocycles. The van der Waals surface area contributed by atoms with Crippen molar-refractivity contribution in [3.05, 3.63) is 0 Å². The van der Waals surface area contributed by atoms with E-state index in [1.165, 1.54) is 0 Å². The highest BCUT2D eigenvalue weighted by atomic mass is 32.2. The molecular formula is C17H29N3O2S. The van der Waals surface area contributed by atoms with E-state index in [4.69, 9.17) is 5.73 Å². The number of piperidine rings is 2. The van der Waals surface area contributed by atoms with E-state index in [2.05, 4.69) is 11.2 Å². The Kier molecular flexibility index (Phi) is 5.21. The lowest BCUT2D eigenvalue weighted by atomic mass is 9.75. The standard InChI is InChI=1S/C17H29N3O2S/c1-23-11-3-9-20-14-6-10-19(12-13(14)4-5-15(20)21)16(22)17(18)7-2-8-17/h13-14H,2-12,18H2,1H3/t13-,14+/m0/s1. The average Bonchev–Trinajstić information content (AvgIpc) is 2.53. The third kappa shape index (κ3) is 3.38. The second-order valence-electron chi connectivity index (χ2n) is 7.35. The van der Waals surface area contributed by atoms with Crippen molar-refractivity contribution >= 4 is 23.6 Å². The van der Waals surface area contributed by atoms with Gasteiger partial charge in [-0.2, -0.15) is 11.8 Å². The minimum Gasteiger partial charge on any atom is -0.341 e. The highest BCUT2D eigenvalue weighted by Crippen LogP contribution is 2.35. The van der Waals surface area contributed by atoms with Gasteiger partial charge < -0.3 is 15.5 Å². The minimum atomic E-state index is -0.588. The molecule has 3 rings (SSSR count). The minimum absolute atomic E-state index is 0.146. The highest BCUT2D eigenvalue weighted by molar-refractivity contribution is 7.98. The number of carbonyl (C=O) groups is 2. The predicted octanol–water partition coefficient (Wildman–Crippen LogP) is 1.46. The first-order valence-electron chi connectivity index (χ1n) is 8.92. The molecule has 0 unspecified atom stereocenters. The molecule has 2 amide bonds. The summed E-state index contributed by atoms with van der Waals surface area (Å²) in [6.07, 6.45) is 8.36. The Morgan fingerprint density at radius 1 is 1.39 bits per heavy atom. The zero-order valence-corrected chi connectivity index (χ0v) is 14.9. The van der Waals surface area contributed by atoms with Crippen molar-refractivity contribution in [2.45, 2.75) is 56.5 Å². The number of nitrogens with two attached hydrogens (primary N) is 1. The van der Waals surface area contributed by atoms with E-state index in [0.29, 0.717) is 24.3 Å². The van der Waals surface area contributed by atoms with E-state index in [9.17, 15) is 9.59 Å². The third-order valence-electron chi connectivity index (χ3n) is 5.85. The summed E-state index contributed by atoms with van der Waals surface area (Å²) in [6.45, 7) is 2.41. The SMILES string of the molecule is CSCCCN1C(=O)CC[C@H]2CN(C(=O)C3(N)CCC3)CC[C@H]21. The molecule has 3 aliphatic rings. The molecule has 0 bridgehead atoms. The van der Waals surface area contributed by atoms with Crippen molar-refractivity contribution in [2.24, 2.45) is 11.7 Å². The molecule has 1 aliphatic carbocycles. The van der Waals surface area contributed by atoms with Gasteiger partial charge >= 0.3 is 0 Å². The van der Waals surface area contributed by atoms with Gasteiger partial charge in [-0.15, -0.1) is 0 Å². The summed E-state index contributed by atoms with van der Waals surface area (Å²) in [4.78, 5) is 29.0. The molecule has 0 aromatic carbocycles. The molecule has 0 aromatic heterocycles. The van der Waals surface area contributed by atoms with E-state index in [0.717, 1.165) is 63.9 Å². The van der Waals surface area contributed by atoms with Gasteiger partial charge in [-0.25, -0.2) is 0 Å². The van der Waals surface area contributed by atoms with Crippen molar-refractivity contribution in [1.82, 2.24) is 9.80 Å². The number of hydrogen-bond acceptors (Lipinski definition) is 4. The van der Waals surface area contributed by atoms with E-state index < -0.39 is 5.54 Å². The molecule has 0 spiro atoms. The van der Waals surface area contributed by atoms with Crippen LogP contribution in [0.2, 0.25) is 0 Å². The first-order chi connectivity index (χ1) is 11.0. The van der Waals surface area contributed by atoms with Gasteiger partial charge in [0.05, 0.1) is 5.54 Å². The van der Waals surface area contributed by atoms with Gasteiger partial charge in [0.2, 0.25) is 11.8 Å². The number of carbonyl (C=O) groups excluding carboxylic acids is 2. The lowest BCUT2D eigenvalue weighted by Crippen LogP contribution is -2.64. The molecule has 5 nitrogen and oxygen atoms in total. The van der Waals surface area contributed by atoms with E-state index in [1.54, 1.807) is 0 Å². The fourth-order valence-corrected chi connectivity index (χ4v) is 4.71. The highest BCUT2D eigenvalue weighted by Gasteiger charge is 2.46. The topological polar surface area (TPSA) is 66.6 Å². The molecular weight excluding hydrogens is 310 g/mol. The van der Waals surface area contributed by atoms with Gasteiger partial charge in [0.15, 0.2) is 0 Å². The lowest BCUT2D eigenvalue weighted by Gasteiger charge is -2.49. The second-order valence-corrected chi connectivity index (χ2v) is 8.33. The molecule has 6 heteroatoms. The second kappa shape index (κ2) is 7.01. The Balaban J connectivity index is 1.60. The number of nitrogens with zero attached hydrogens (tertiary/aromatic N) is 2. The number of thioether (sulfide) groups is 1. The van der Waals surface area contributed by atoms with Crippen LogP contribution in [0.4, 0.5) is 0 Å². The summed E-state index contributed by atoms with van der Waals surface area (Å²) in [5.74, 6) is 1.99. The number of rotatable bonds is 5. The smallest absolute Gasteiger partial charge is 0.242 e. The van der Waals surface area contributed by atoms with Crippen LogP contribution in [0.25, 0.3) is 0 Å². The Labute approximate surface area is 143 Å². The van der Waals surface area contributed by atoms with Crippen LogP contribution in [-0.4, -0.2) is 64.8 Å². The largest absolute Gasteiger partial charge is 0.341 e. The first kappa shape index (κ1) is 17.1. The molecule has 0 radical (unpaired) electrons. The molecule has 130 valence electrons. The number of amides is 2. The monoisotopic (exact) mass is 339 g/mol. The van der Waals surface area contributed by atoms with Gasteiger partial charge in [0, 0.05) is 32.1 Å². The van der Waals surface area contributed by atoms with Crippen molar-refractivity contribution in [3.63, 3.8) is 0 Å². The quantitative estimate of drug-likeness (QED) is 0.770. The summed E-state index contributed by atoms with van der Waals surface area (Å²) in [5, 5.41) is 0. The van der Waals surface area contributed by atoms with Crippen molar-refractivity contribution in [1.29, 1.82) is 0 Å². The van der Waals surface area contributed by atoms with Gasteiger partial charge in [0.25, 0.3) is 0 Å². The van der Waals surface area contributed by atoms with Gasteiger partial charge in [-0.1, -0.05) is 0 Å². The van der Waals surface area contributed by atoms with Crippen LogP contribution in [0.1, 0.15) is 44.9 Å². The zero-order valence-electron chi connectivity index (χ0n) is 14.1. The summed E-state index contributed by atoms with van der Waals surface area (Å²) in [5.41, 5.74) is 5.63. The molecule has 3 fully saturated rings. The Hall–Kier alpha value is -0.750. The van der Waals surface area contributed by atoms with Crippen LogP contribution in [0, 0.1) is 5.92 Å². The summed E-state index contributed by atoms with van der Waals surface area (Å²) in [7, 11) is 0. The average molecular weight is 340 g/mol. The molecule has 23 heavy (non-hydrogen) atoms. The Bertz CT molecular complexity index is 467. The van der Waals surface area contributed by atoms with Crippen molar-refractivity contribution in [3.8, 4) is 0 Å². The fourth-order valence-electron chi connectivity index (χ4n) is 4.29. The van der Waals surface area contributed by atoms with Crippen molar-refractivity contribution < 1.29 is 9.59 Å². The Morgan fingerprint density at radius 3 is 2.83 bits per heavy atom. The maximum atomic E-state index is 12.7. The van der Waals surface area contributed by atoms with Crippen molar-refractivity contribution in [2.75, 3.05) is 31.6 Å². The van der Waals surface area contributed by atoms with E-state index >= 15 is 0 Å². The van der Waals surface area contributed by atoms with Crippen LogP contribution in [0.15, 0.2) is 0 Å². The Morgan fingerprint density at radius 2 is 2.17 bits per heavy atom. The van der Waals surface area contributed by atoms with Crippen LogP contribution < -0.4 is 5.73 Å². The summed E-state index contributed by atoms with van der Waals surface area (Å²) < 4.78 is 0. The maximum absolute atomic E-state index is 12.7. The number of hydrogen-bond donors (Lipinski definition) is 1. The molecule has 2 aliphatic heterocycles. The molecule has 2 saturated heterocycles. The lowest BCUT2D eigenvalue weighted by molar-refractivity contribution is -0.148. The maximum Gasteiger partial charge on any atom is 0.242 e.